The van der Waals surface area contributed by atoms with Gasteiger partial charge in [-0.2, -0.15) is 0 Å². The Morgan fingerprint density at radius 2 is 2.07 bits per heavy atom. The first-order valence-corrected chi connectivity index (χ1v) is 5.96. The number of nitrogens with one attached hydrogen (secondary N) is 1. The fraction of sp³-hybridized carbons (Fsp3) is 0.364. The second-order valence-electron chi connectivity index (χ2n) is 3.12. The maximum Gasteiger partial charge on any atom is 0.312 e. The summed E-state index contributed by atoms with van der Waals surface area (Å²) in [5.41, 5.74) is 6.18. The summed E-state index contributed by atoms with van der Waals surface area (Å²) in [6.07, 6.45) is 0.819. The summed E-state index contributed by atoms with van der Waals surface area (Å²) >= 11 is 1.82. The SMILES string of the molecule is CCSc1ccc(CCNC(N)=O)cc1. The zero-order chi connectivity index (χ0) is 11.1. The van der Waals surface area contributed by atoms with Gasteiger partial charge in [0, 0.05) is 11.4 Å². The lowest BCUT2D eigenvalue weighted by Gasteiger charge is -2.03. The molecular formula is C11H16N2OS. The third-order valence-electron chi connectivity index (χ3n) is 1.95. The molecule has 1 rings (SSSR count). The number of thioether (sulfide) groups is 1. The molecule has 0 saturated carbocycles. The van der Waals surface area contributed by atoms with Crippen molar-refractivity contribution in [1.82, 2.24) is 5.32 Å². The van der Waals surface area contributed by atoms with Crippen LogP contribution in [0.2, 0.25) is 0 Å². The molecule has 3 N–H and O–H groups in total. The van der Waals surface area contributed by atoms with Crippen LogP contribution in [0.3, 0.4) is 0 Å². The standard InChI is InChI=1S/C11H16N2OS/c1-2-15-10-5-3-9(4-6-10)7-8-13-11(12)14/h3-6H,2,7-8H2,1H3,(H3,12,13,14). The number of benzene rings is 1. The molecule has 0 aromatic heterocycles. The van der Waals surface area contributed by atoms with Crippen molar-refractivity contribution >= 4 is 17.8 Å². The van der Waals surface area contributed by atoms with E-state index in [-0.39, 0.29) is 0 Å². The normalized spacial score (nSPS) is 9.93. The third-order valence-corrected chi connectivity index (χ3v) is 2.84. The fourth-order valence-corrected chi connectivity index (χ4v) is 1.91. The van der Waals surface area contributed by atoms with Crippen molar-refractivity contribution in [3.63, 3.8) is 0 Å². The molecule has 0 unspecified atom stereocenters. The van der Waals surface area contributed by atoms with Crippen molar-refractivity contribution in [1.29, 1.82) is 0 Å². The van der Waals surface area contributed by atoms with E-state index in [0.717, 1.165) is 12.2 Å². The van der Waals surface area contributed by atoms with Crippen molar-refractivity contribution in [2.75, 3.05) is 12.3 Å². The van der Waals surface area contributed by atoms with Crippen LogP contribution in [-0.4, -0.2) is 18.3 Å². The van der Waals surface area contributed by atoms with E-state index in [1.165, 1.54) is 10.5 Å². The van der Waals surface area contributed by atoms with E-state index in [4.69, 9.17) is 5.73 Å². The zero-order valence-corrected chi connectivity index (χ0v) is 9.64. The molecule has 0 heterocycles. The fourth-order valence-electron chi connectivity index (χ4n) is 1.25. The van der Waals surface area contributed by atoms with Gasteiger partial charge in [0.2, 0.25) is 0 Å². The number of primary amides is 1. The molecule has 0 aliphatic heterocycles. The Balaban J connectivity index is 2.39. The van der Waals surface area contributed by atoms with Gasteiger partial charge in [-0.3, -0.25) is 0 Å². The maximum atomic E-state index is 10.4. The van der Waals surface area contributed by atoms with Crippen molar-refractivity contribution in [3.05, 3.63) is 29.8 Å². The molecule has 0 atom stereocenters. The summed E-state index contributed by atoms with van der Waals surface area (Å²) in [5, 5.41) is 2.57. The van der Waals surface area contributed by atoms with Gasteiger partial charge < -0.3 is 11.1 Å². The molecule has 0 spiro atoms. The van der Waals surface area contributed by atoms with Gasteiger partial charge in [0.25, 0.3) is 0 Å². The van der Waals surface area contributed by atoms with Gasteiger partial charge in [0.1, 0.15) is 0 Å². The van der Waals surface area contributed by atoms with E-state index in [2.05, 4.69) is 36.5 Å². The summed E-state index contributed by atoms with van der Waals surface area (Å²) < 4.78 is 0. The van der Waals surface area contributed by atoms with Crippen LogP contribution in [0.1, 0.15) is 12.5 Å². The predicted octanol–water partition coefficient (Wildman–Crippen LogP) is 2.01. The Morgan fingerprint density at radius 1 is 1.40 bits per heavy atom. The van der Waals surface area contributed by atoms with Gasteiger partial charge in [-0.05, 0) is 29.9 Å². The molecule has 0 aliphatic rings. The van der Waals surface area contributed by atoms with E-state index in [1.54, 1.807) is 0 Å². The lowest BCUT2D eigenvalue weighted by molar-refractivity contribution is 0.249. The van der Waals surface area contributed by atoms with Crippen LogP contribution in [0, 0.1) is 0 Å². The minimum absolute atomic E-state index is 0.465. The molecule has 3 nitrogen and oxygen atoms in total. The van der Waals surface area contributed by atoms with Crippen LogP contribution in [-0.2, 0) is 6.42 Å². The number of carbonyl (C=O) groups excluding carboxylic acids is 1. The zero-order valence-electron chi connectivity index (χ0n) is 8.82. The first-order chi connectivity index (χ1) is 7.22. The molecule has 0 aliphatic carbocycles. The van der Waals surface area contributed by atoms with Gasteiger partial charge in [-0.15, -0.1) is 11.8 Å². The lowest BCUT2D eigenvalue weighted by atomic mass is 10.1. The Kier molecular flexibility index (Phi) is 5.04. The molecule has 82 valence electrons. The molecule has 0 bridgehead atoms. The van der Waals surface area contributed by atoms with Gasteiger partial charge in [0.15, 0.2) is 0 Å². The van der Waals surface area contributed by atoms with Crippen molar-refractivity contribution in [3.8, 4) is 0 Å². The van der Waals surface area contributed by atoms with E-state index in [9.17, 15) is 4.79 Å². The summed E-state index contributed by atoms with van der Waals surface area (Å²) in [6, 6.07) is 7.91. The molecule has 0 fully saturated rings. The third kappa shape index (κ3) is 4.74. The Hall–Kier alpha value is -1.16. The van der Waals surface area contributed by atoms with E-state index in [1.807, 2.05) is 11.8 Å². The number of carbonyl (C=O) groups is 1. The highest BCUT2D eigenvalue weighted by Crippen LogP contribution is 2.17. The van der Waals surface area contributed by atoms with Crippen molar-refractivity contribution < 1.29 is 4.79 Å². The molecular weight excluding hydrogens is 208 g/mol. The number of hydrogen-bond donors (Lipinski definition) is 2. The monoisotopic (exact) mass is 224 g/mol. The summed E-state index contributed by atoms with van der Waals surface area (Å²) in [4.78, 5) is 11.7. The largest absolute Gasteiger partial charge is 0.352 e. The first-order valence-electron chi connectivity index (χ1n) is 4.97. The van der Waals surface area contributed by atoms with Gasteiger partial charge in [-0.1, -0.05) is 19.1 Å². The highest BCUT2D eigenvalue weighted by molar-refractivity contribution is 7.99. The van der Waals surface area contributed by atoms with Crippen LogP contribution < -0.4 is 11.1 Å². The average molecular weight is 224 g/mol. The Bertz CT molecular complexity index is 311. The molecule has 15 heavy (non-hydrogen) atoms. The van der Waals surface area contributed by atoms with E-state index < -0.39 is 6.03 Å². The van der Waals surface area contributed by atoms with Crippen LogP contribution in [0.5, 0.6) is 0 Å². The number of amides is 2. The summed E-state index contributed by atoms with van der Waals surface area (Å²) in [5.74, 6) is 1.09. The number of nitrogens with two attached hydrogens (primary N) is 1. The highest BCUT2D eigenvalue weighted by Gasteiger charge is 1.96. The predicted molar refractivity (Wildman–Crippen MR) is 64.1 cm³/mol. The smallest absolute Gasteiger partial charge is 0.312 e. The molecule has 1 aromatic rings. The Labute approximate surface area is 94.4 Å². The minimum atomic E-state index is -0.465. The van der Waals surface area contributed by atoms with Gasteiger partial charge in [-0.25, -0.2) is 4.79 Å². The Morgan fingerprint density at radius 3 is 2.60 bits per heavy atom. The molecule has 1 aromatic carbocycles. The van der Waals surface area contributed by atoms with Crippen molar-refractivity contribution in [2.45, 2.75) is 18.2 Å². The second-order valence-corrected chi connectivity index (χ2v) is 4.46. The topological polar surface area (TPSA) is 55.1 Å². The van der Waals surface area contributed by atoms with E-state index in [0.29, 0.717) is 6.54 Å². The van der Waals surface area contributed by atoms with E-state index >= 15 is 0 Å². The van der Waals surface area contributed by atoms with Gasteiger partial charge in [0.05, 0.1) is 0 Å². The number of hydrogen-bond acceptors (Lipinski definition) is 2. The van der Waals surface area contributed by atoms with Crippen LogP contribution in [0.25, 0.3) is 0 Å². The lowest BCUT2D eigenvalue weighted by Crippen LogP contribution is -2.30. The molecule has 2 amide bonds. The van der Waals surface area contributed by atoms with Crippen LogP contribution >= 0.6 is 11.8 Å². The molecule has 0 saturated heterocycles. The van der Waals surface area contributed by atoms with Crippen LogP contribution in [0.4, 0.5) is 4.79 Å². The number of urea groups is 1. The number of rotatable bonds is 5. The molecule has 4 heteroatoms. The summed E-state index contributed by atoms with van der Waals surface area (Å²) in [6.45, 7) is 2.73. The second kappa shape index (κ2) is 6.35. The highest BCUT2D eigenvalue weighted by atomic mass is 32.2. The van der Waals surface area contributed by atoms with Gasteiger partial charge >= 0.3 is 6.03 Å². The molecule has 0 radical (unpaired) electrons. The van der Waals surface area contributed by atoms with Crippen LogP contribution in [0.15, 0.2) is 29.2 Å². The maximum absolute atomic E-state index is 10.4. The van der Waals surface area contributed by atoms with Crippen molar-refractivity contribution in [2.24, 2.45) is 5.73 Å². The minimum Gasteiger partial charge on any atom is -0.352 e. The average Bonchev–Trinajstić information content (AvgIpc) is 2.20. The first kappa shape index (κ1) is 11.9. The quantitative estimate of drug-likeness (QED) is 0.752. The summed E-state index contributed by atoms with van der Waals surface area (Å²) in [7, 11) is 0.